The van der Waals surface area contributed by atoms with Crippen LogP contribution < -0.4 is 10.2 Å². The Kier molecular flexibility index (Phi) is 6.57. The van der Waals surface area contributed by atoms with Crippen molar-refractivity contribution >= 4 is 11.7 Å². The van der Waals surface area contributed by atoms with Gasteiger partial charge in [-0.2, -0.15) is 4.98 Å². The van der Waals surface area contributed by atoms with E-state index in [9.17, 15) is 4.79 Å². The number of aryl methyl sites for hydroxylation is 2. The molecule has 7 heteroatoms. The van der Waals surface area contributed by atoms with Crippen LogP contribution in [0.15, 0.2) is 71.4 Å². The maximum Gasteiger partial charge on any atom is 0.261 e. The number of carbonyl (C=O) groups is 1. The zero-order chi connectivity index (χ0) is 24.2. The molecule has 1 amide bonds. The Morgan fingerprint density at radius 2 is 1.69 bits per heavy atom. The van der Waals surface area contributed by atoms with Crippen LogP contribution in [0.3, 0.4) is 0 Å². The monoisotopic (exact) mass is 467 g/mol. The fourth-order valence-electron chi connectivity index (χ4n) is 4.36. The van der Waals surface area contributed by atoms with Gasteiger partial charge in [0.15, 0.2) is 0 Å². The van der Waals surface area contributed by atoms with Crippen LogP contribution in [0.2, 0.25) is 0 Å². The molecule has 0 atom stereocenters. The zero-order valence-electron chi connectivity index (χ0n) is 20.1. The van der Waals surface area contributed by atoms with Crippen LogP contribution in [-0.4, -0.2) is 34.1 Å². The van der Waals surface area contributed by atoms with Crippen molar-refractivity contribution in [2.45, 2.75) is 33.2 Å². The number of carbonyl (C=O) groups excluding carboxylic acids is 1. The topological polar surface area (TPSA) is 84.2 Å². The first-order valence-corrected chi connectivity index (χ1v) is 12.0. The highest BCUT2D eigenvalue weighted by molar-refractivity contribution is 5.79. The third-order valence-electron chi connectivity index (χ3n) is 6.51. The fourth-order valence-corrected chi connectivity index (χ4v) is 4.36. The number of nitrogens with one attached hydrogen (secondary N) is 1. The summed E-state index contributed by atoms with van der Waals surface area (Å²) in [6, 6.07) is 20.1. The Morgan fingerprint density at radius 1 is 1.00 bits per heavy atom. The van der Waals surface area contributed by atoms with Crippen molar-refractivity contribution in [2.24, 2.45) is 5.92 Å². The summed E-state index contributed by atoms with van der Waals surface area (Å²) in [5, 5.41) is 7.27. The summed E-state index contributed by atoms with van der Waals surface area (Å²) in [4.78, 5) is 24.2. The van der Waals surface area contributed by atoms with E-state index in [4.69, 9.17) is 4.52 Å². The molecule has 0 radical (unpaired) electrons. The maximum atomic E-state index is 12.7. The Morgan fingerprint density at radius 3 is 2.40 bits per heavy atom. The highest BCUT2D eigenvalue weighted by Crippen LogP contribution is 2.32. The van der Waals surface area contributed by atoms with E-state index in [1.165, 1.54) is 11.1 Å². The molecule has 1 saturated heterocycles. The van der Waals surface area contributed by atoms with Crippen LogP contribution in [0.5, 0.6) is 0 Å². The molecule has 5 rings (SSSR count). The SMILES string of the molecule is Cc1ccc(CNC(=O)C2CCN(c3ncccc3-c3nc(-c4ccc(C)cc4)no3)CC2)cc1. The van der Waals surface area contributed by atoms with Crippen molar-refractivity contribution in [3.05, 3.63) is 83.6 Å². The normalized spacial score (nSPS) is 14.2. The van der Waals surface area contributed by atoms with E-state index in [2.05, 4.69) is 56.5 Å². The second-order valence-electron chi connectivity index (χ2n) is 9.13. The number of aromatic nitrogens is 3. The number of benzene rings is 2. The lowest BCUT2D eigenvalue weighted by atomic mass is 9.95. The molecule has 1 N–H and O–H groups in total. The summed E-state index contributed by atoms with van der Waals surface area (Å²) in [5.41, 5.74) is 5.23. The van der Waals surface area contributed by atoms with Gasteiger partial charge < -0.3 is 14.7 Å². The van der Waals surface area contributed by atoms with Crippen molar-refractivity contribution in [3.63, 3.8) is 0 Å². The van der Waals surface area contributed by atoms with E-state index < -0.39 is 0 Å². The third kappa shape index (κ3) is 5.24. The molecule has 1 aliphatic heterocycles. The first-order valence-electron chi connectivity index (χ1n) is 12.0. The highest BCUT2D eigenvalue weighted by Gasteiger charge is 2.27. The molecule has 35 heavy (non-hydrogen) atoms. The molecule has 3 heterocycles. The molecule has 7 nitrogen and oxygen atoms in total. The lowest BCUT2D eigenvalue weighted by molar-refractivity contribution is -0.125. The summed E-state index contributed by atoms with van der Waals surface area (Å²) in [6.07, 6.45) is 3.32. The second kappa shape index (κ2) is 10.1. The van der Waals surface area contributed by atoms with Crippen molar-refractivity contribution < 1.29 is 9.32 Å². The van der Waals surface area contributed by atoms with Gasteiger partial charge in [0.05, 0.1) is 5.56 Å². The molecule has 178 valence electrons. The predicted molar refractivity (Wildman–Crippen MR) is 136 cm³/mol. The number of amides is 1. The number of piperidine rings is 1. The fraction of sp³-hybridized carbons (Fsp3) is 0.286. The van der Waals surface area contributed by atoms with Crippen molar-refractivity contribution in [3.8, 4) is 22.8 Å². The highest BCUT2D eigenvalue weighted by atomic mass is 16.5. The van der Waals surface area contributed by atoms with Gasteiger partial charge in [-0.05, 0) is 44.4 Å². The first-order chi connectivity index (χ1) is 17.1. The number of pyridine rings is 1. The molecule has 1 fully saturated rings. The largest absolute Gasteiger partial charge is 0.356 e. The lowest BCUT2D eigenvalue weighted by Gasteiger charge is -2.32. The van der Waals surface area contributed by atoms with Crippen LogP contribution in [0, 0.1) is 19.8 Å². The van der Waals surface area contributed by atoms with Crippen molar-refractivity contribution in [1.82, 2.24) is 20.4 Å². The predicted octanol–water partition coefficient (Wildman–Crippen LogP) is 4.95. The molecule has 0 unspecified atom stereocenters. The van der Waals surface area contributed by atoms with Gasteiger partial charge in [0, 0.05) is 37.3 Å². The molecule has 2 aromatic heterocycles. The summed E-state index contributed by atoms with van der Waals surface area (Å²) >= 11 is 0. The van der Waals surface area contributed by atoms with Crippen molar-refractivity contribution in [2.75, 3.05) is 18.0 Å². The van der Waals surface area contributed by atoms with Gasteiger partial charge in [0.2, 0.25) is 11.7 Å². The van der Waals surface area contributed by atoms with E-state index in [1.807, 2.05) is 43.3 Å². The Labute approximate surface area is 205 Å². The van der Waals surface area contributed by atoms with Gasteiger partial charge in [0.25, 0.3) is 5.89 Å². The number of rotatable bonds is 6. The molecule has 4 aromatic rings. The van der Waals surface area contributed by atoms with E-state index in [0.29, 0.717) is 18.3 Å². The smallest absolute Gasteiger partial charge is 0.261 e. The van der Waals surface area contributed by atoms with Crippen LogP contribution in [0.1, 0.15) is 29.5 Å². The molecule has 0 saturated carbocycles. The molecule has 0 bridgehead atoms. The average Bonchev–Trinajstić information content (AvgIpc) is 3.39. The Hall–Kier alpha value is -4.00. The third-order valence-corrected chi connectivity index (χ3v) is 6.51. The van der Waals surface area contributed by atoms with Crippen LogP contribution >= 0.6 is 0 Å². The zero-order valence-corrected chi connectivity index (χ0v) is 20.1. The molecule has 2 aromatic carbocycles. The van der Waals surface area contributed by atoms with Gasteiger partial charge in [-0.25, -0.2) is 4.98 Å². The van der Waals surface area contributed by atoms with Crippen LogP contribution in [0.4, 0.5) is 5.82 Å². The average molecular weight is 468 g/mol. The minimum atomic E-state index is 0.000375. The summed E-state index contributed by atoms with van der Waals surface area (Å²) in [6.45, 7) is 6.15. The number of hydrogen-bond donors (Lipinski definition) is 1. The first kappa shape index (κ1) is 22.8. The Bertz CT molecular complexity index is 1290. The van der Waals surface area contributed by atoms with E-state index >= 15 is 0 Å². The van der Waals surface area contributed by atoms with E-state index in [0.717, 1.165) is 48.4 Å². The Balaban J connectivity index is 1.23. The summed E-state index contributed by atoms with van der Waals surface area (Å²) in [7, 11) is 0. The summed E-state index contributed by atoms with van der Waals surface area (Å²) < 4.78 is 5.62. The van der Waals surface area contributed by atoms with Crippen molar-refractivity contribution in [1.29, 1.82) is 0 Å². The van der Waals surface area contributed by atoms with E-state index in [-0.39, 0.29) is 11.8 Å². The number of nitrogens with zero attached hydrogens (tertiary/aromatic N) is 4. The van der Waals surface area contributed by atoms with Crippen LogP contribution in [-0.2, 0) is 11.3 Å². The number of hydrogen-bond acceptors (Lipinski definition) is 6. The molecule has 1 aliphatic rings. The molecule has 0 aliphatic carbocycles. The summed E-state index contributed by atoms with van der Waals surface area (Å²) in [5.74, 6) is 1.93. The second-order valence-corrected chi connectivity index (χ2v) is 9.13. The molecular weight excluding hydrogens is 438 g/mol. The minimum Gasteiger partial charge on any atom is -0.356 e. The van der Waals surface area contributed by atoms with Gasteiger partial charge in [-0.1, -0.05) is 64.8 Å². The van der Waals surface area contributed by atoms with Gasteiger partial charge in [-0.15, -0.1) is 0 Å². The van der Waals surface area contributed by atoms with Crippen LogP contribution in [0.25, 0.3) is 22.8 Å². The molecule has 0 spiro atoms. The lowest BCUT2D eigenvalue weighted by Crippen LogP contribution is -2.40. The molecular formula is C28H29N5O2. The quantitative estimate of drug-likeness (QED) is 0.432. The maximum absolute atomic E-state index is 12.7. The van der Waals surface area contributed by atoms with Gasteiger partial charge in [0.1, 0.15) is 5.82 Å². The van der Waals surface area contributed by atoms with Gasteiger partial charge >= 0.3 is 0 Å². The van der Waals surface area contributed by atoms with Gasteiger partial charge in [-0.3, -0.25) is 4.79 Å². The van der Waals surface area contributed by atoms with E-state index in [1.54, 1.807) is 6.20 Å². The number of anilines is 1. The standard InChI is InChI=1S/C28H29N5O2/c1-19-5-9-21(10-6-19)18-30-27(34)23-13-16-33(17-14-23)26-24(4-3-15-29-26)28-31-25(32-35-28)22-11-7-20(2)8-12-22/h3-12,15,23H,13-14,16-18H2,1-2H3,(H,30,34). The minimum absolute atomic E-state index is 0.000375.